The Hall–Kier alpha value is -1.62. The van der Waals surface area contributed by atoms with Gasteiger partial charge in [-0.3, -0.25) is 4.79 Å². The van der Waals surface area contributed by atoms with E-state index in [1.54, 1.807) is 6.20 Å². The zero-order valence-electron chi connectivity index (χ0n) is 11.3. The Morgan fingerprint density at radius 3 is 3.00 bits per heavy atom. The molecule has 1 saturated heterocycles. The summed E-state index contributed by atoms with van der Waals surface area (Å²) in [6.45, 7) is 0.772. The summed E-state index contributed by atoms with van der Waals surface area (Å²) in [4.78, 5) is 15.4. The Kier molecular flexibility index (Phi) is 3.87. The molecule has 1 amide bonds. The Labute approximate surface area is 122 Å². The zero-order chi connectivity index (χ0) is 13.9. The number of nitrogens with one attached hydrogen (secondary N) is 2. The molecule has 3 rings (SSSR count). The Morgan fingerprint density at radius 1 is 1.40 bits per heavy atom. The van der Waals surface area contributed by atoms with Gasteiger partial charge in [-0.15, -0.1) is 0 Å². The largest absolute Gasteiger partial charge is 0.399 e. The molecule has 2 heterocycles. The molecule has 1 aliphatic rings. The molecule has 0 spiro atoms. The monoisotopic (exact) mass is 289 g/mol. The average molecular weight is 289 g/mol. The van der Waals surface area contributed by atoms with Crippen LogP contribution in [0.3, 0.4) is 0 Å². The number of nitrogens with two attached hydrogens (primary N) is 1. The number of hydrogen-bond acceptors (Lipinski definition) is 3. The van der Waals surface area contributed by atoms with Crippen LogP contribution in [0.25, 0.3) is 10.9 Å². The summed E-state index contributed by atoms with van der Waals surface area (Å²) in [6, 6.07) is 5.58. The first-order valence-electron chi connectivity index (χ1n) is 6.96. The van der Waals surface area contributed by atoms with Crippen LogP contribution in [0.4, 0.5) is 5.69 Å². The fourth-order valence-corrected chi connectivity index (χ4v) is 3.81. The van der Waals surface area contributed by atoms with Gasteiger partial charge in [-0.1, -0.05) is 0 Å². The van der Waals surface area contributed by atoms with Crippen LogP contribution in [-0.2, 0) is 0 Å². The molecule has 1 aliphatic heterocycles. The van der Waals surface area contributed by atoms with Gasteiger partial charge in [-0.25, -0.2) is 0 Å². The number of H-pyrrole nitrogens is 1. The van der Waals surface area contributed by atoms with Crippen molar-refractivity contribution in [1.82, 2.24) is 10.3 Å². The Bertz CT molecular complexity index is 617. The number of fused-ring (bicyclic) bond motifs is 1. The fourth-order valence-electron chi connectivity index (χ4n) is 2.61. The lowest BCUT2D eigenvalue weighted by atomic mass is 10.0. The minimum Gasteiger partial charge on any atom is -0.399 e. The molecular formula is C15H19N3OS. The van der Waals surface area contributed by atoms with Crippen molar-refractivity contribution in [3.05, 3.63) is 30.0 Å². The number of amides is 1. The summed E-state index contributed by atoms with van der Waals surface area (Å²) in [5.74, 6) is 3.03. The highest BCUT2D eigenvalue weighted by Crippen LogP contribution is 2.23. The highest BCUT2D eigenvalue weighted by Gasteiger charge is 2.16. The van der Waals surface area contributed by atoms with Crippen molar-refractivity contribution >= 4 is 34.3 Å². The van der Waals surface area contributed by atoms with Gasteiger partial charge in [-0.05, 0) is 48.5 Å². The van der Waals surface area contributed by atoms with E-state index in [4.69, 9.17) is 5.73 Å². The van der Waals surface area contributed by atoms with E-state index in [9.17, 15) is 4.79 Å². The SMILES string of the molecule is Nc1ccc2[nH]cc(C(=O)NCC3CCSCC3)c2c1. The maximum absolute atomic E-state index is 12.3. The number of benzene rings is 1. The number of aromatic amines is 1. The molecule has 4 nitrogen and oxygen atoms in total. The van der Waals surface area contributed by atoms with Crippen molar-refractivity contribution in [2.24, 2.45) is 5.92 Å². The molecule has 1 aromatic carbocycles. The van der Waals surface area contributed by atoms with E-state index in [0.717, 1.165) is 17.4 Å². The van der Waals surface area contributed by atoms with Gasteiger partial charge in [0.25, 0.3) is 5.91 Å². The number of anilines is 1. The number of carbonyl (C=O) groups excluding carboxylic acids is 1. The van der Waals surface area contributed by atoms with E-state index >= 15 is 0 Å². The van der Waals surface area contributed by atoms with Crippen LogP contribution < -0.4 is 11.1 Å². The fraction of sp³-hybridized carbons (Fsp3) is 0.400. The van der Waals surface area contributed by atoms with Crippen LogP contribution in [0.15, 0.2) is 24.4 Å². The van der Waals surface area contributed by atoms with Crippen LogP contribution in [0.2, 0.25) is 0 Å². The first kappa shape index (κ1) is 13.4. The minimum atomic E-state index is -0.0138. The second-order valence-electron chi connectivity index (χ2n) is 5.27. The third-order valence-corrected chi connectivity index (χ3v) is 4.89. The van der Waals surface area contributed by atoms with Gasteiger partial charge < -0.3 is 16.0 Å². The van der Waals surface area contributed by atoms with Crippen molar-refractivity contribution < 1.29 is 4.79 Å². The third-order valence-electron chi connectivity index (χ3n) is 3.84. The van der Waals surface area contributed by atoms with Crippen LogP contribution in [-0.4, -0.2) is 28.9 Å². The van der Waals surface area contributed by atoms with Gasteiger partial charge in [0.05, 0.1) is 5.56 Å². The Balaban J connectivity index is 1.70. The average Bonchev–Trinajstić information content (AvgIpc) is 2.89. The molecule has 1 aromatic heterocycles. The van der Waals surface area contributed by atoms with E-state index in [-0.39, 0.29) is 5.91 Å². The summed E-state index contributed by atoms with van der Waals surface area (Å²) in [6.07, 6.45) is 4.16. The first-order valence-corrected chi connectivity index (χ1v) is 8.12. The molecule has 2 aromatic rings. The second kappa shape index (κ2) is 5.79. The quantitative estimate of drug-likeness (QED) is 0.761. The van der Waals surface area contributed by atoms with Crippen molar-refractivity contribution in [2.75, 3.05) is 23.8 Å². The first-order chi connectivity index (χ1) is 9.74. The molecule has 1 fully saturated rings. The number of thioether (sulfide) groups is 1. The van der Waals surface area contributed by atoms with Crippen molar-refractivity contribution in [2.45, 2.75) is 12.8 Å². The van der Waals surface area contributed by atoms with E-state index in [1.807, 2.05) is 30.0 Å². The van der Waals surface area contributed by atoms with Crippen molar-refractivity contribution in [1.29, 1.82) is 0 Å². The van der Waals surface area contributed by atoms with Gasteiger partial charge in [0.2, 0.25) is 0 Å². The topological polar surface area (TPSA) is 70.9 Å². The number of hydrogen-bond donors (Lipinski definition) is 3. The molecule has 0 saturated carbocycles. The molecule has 0 aliphatic carbocycles. The molecule has 0 unspecified atom stereocenters. The predicted molar refractivity (Wildman–Crippen MR) is 85.1 cm³/mol. The van der Waals surface area contributed by atoms with Gasteiger partial charge in [0.15, 0.2) is 0 Å². The maximum Gasteiger partial charge on any atom is 0.253 e. The molecule has 0 atom stereocenters. The molecule has 4 N–H and O–H groups in total. The molecule has 20 heavy (non-hydrogen) atoms. The minimum absolute atomic E-state index is 0.0138. The van der Waals surface area contributed by atoms with Gasteiger partial charge in [0.1, 0.15) is 0 Å². The summed E-state index contributed by atoms with van der Waals surface area (Å²) in [7, 11) is 0. The van der Waals surface area contributed by atoms with Crippen LogP contribution in [0.5, 0.6) is 0 Å². The van der Waals surface area contributed by atoms with Gasteiger partial charge >= 0.3 is 0 Å². The normalized spacial score (nSPS) is 16.4. The standard InChI is InChI=1S/C15H19N3OS/c16-11-1-2-14-12(7-11)13(9-17-14)15(19)18-8-10-3-5-20-6-4-10/h1-2,7,9-10,17H,3-6,8,16H2,(H,18,19). The van der Waals surface area contributed by atoms with Crippen LogP contribution in [0, 0.1) is 5.92 Å². The second-order valence-corrected chi connectivity index (χ2v) is 6.50. The zero-order valence-corrected chi connectivity index (χ0v) is 12.1. The number of nitrogen functional groups attached to an aromatic ring is 1. The highest BCUT2D eigenvalue weighted by molar-refractivity contribution is 7.99. The lowest BCUT2D eigenvalue weighted by Gasteiger charge is -2.21. The van der Waals surface area contributed by atoms with E-state index in [2.05, 4.69) is 10.3 Å². The summed E-state index contributed by atoms with van der Waals surface area (Å²) < 4.78 is 0. The molecule has 5 heteroatoms. The van der Waals surface area contributed by atoms with Crippen LogP contribution in [0.1, 0.15) is 23.2 Å². The molecular weight excluding hydrogens is 270 g/mol. The smallest absolute Gasteiger partial charge is 0.253 e. The maximum atomic E-state index is 12.3. The van der Waals surface area contributed by atoms with E-state index in [0.29, 0.717) is 17.2 Å². The van der Waals surface area contributed by atoms with Crippen LogP contribution >= 0.6 is 11.8 Å². The predicted octanol–water partition coefficient (Wildman–Crippen LogP) is 2.62. The van der Waals surface area contributed by atoms with Crippen molar-refractivity contribution in [3.8, 4) is 0 Å². The van der Waals surface area contributed by atoms with E-state index < -0.39 is 0 Å². The number of rotatable bonds is 3. The van der Waals surface area contributed by atoms with Gasteiger partial charge in [0, 0.05) is 29.3 Å². The third kappa shape index (κ3) is 2.77. The molecule has 106 valence electrons. The van der Waals surface area contributed by atoms with Crippen molar-refractivity contribution in [3.63, 3.8) is 0 Å². The van der Waals surface area contributed by atoms with Gasteiger partial charge in [-0.2, -0.15) is 11.8 Å². The summed E-state index contributed by atoms with van der Waals surface area (Å²) in [5, 5.41) is 3.95. The Morgan fingerprint density at radius 2 is 2.20 bits per heavy atom. The highest BCUT2D eigenvalue weighted by atomic mass is 32.2. The number of aromatic nitrogens is 1. The van der Waals surface area contributed by atoms with E-state index in [1.165, 1.54) is 24.3 Å². The summed E-state index contributed by atoms with van der Waals surface area (Å²) >= 11 is 2.00. The molecule has 0 bridgehead atoms. The lowest BCUT2D eigenvalue weighted by molar-refractivity contribution is 0.0948. The molecule has 0 radical (unpaired) electrons. The summed E-state index contributed by atoms with van der Waals surface area (Å²) in [5.41, 5.74) is 8.09. The number of carbonyl (C=O) groups is 1. The lowest BCUT2D eigenvalue weighted by Crippen LogP contribution is -2.30.